The van der Waals surface area contributed by atoms with Gasteiger partial charge in [0.05, 0.1) is 17.2 Å². The van der Waals surface area contributed by atoms with Crippen LogP contribution in [0.1, 0.15) is 47.9 Å². The lowest BCUT2D eigenvalue weighted by molar-refractivity contribution is -0.669. The van der Waals surface area contributed by atoms with E-state index in [1.807, 2.05) is 26.0 Å². The highest BCUT2D eigenvalue weighted by atomic mass is 32.2. The maximum absolute atomic E-state index is 11.7. The maximum atomic E-state index is 11.7. The van der Waals surface area contributed by atoms with E-state index in [0.717, 1.165) is 31.9 Å². The normalized spacial score (nSPS) is 13.9. The van der Waals surface area contributed by atoms with E-state index >= 15 is 0 Å². The summed E-state index contributed by atoms with van der Waals surface area (Å²) in [7, 11) is -8.29. The summed E-state index contributed by atoms with van der Waals surface area (Å²) >= 11 is 1.61. The SMILES string of the molecule is C#CC#CC#Cc1ccc2c(c1)N(CCS(=O)(=O)O)C(=C/C(=C/c1sc3cc(C)c(C)cc3[n+]1CCCCS(=O)(=O)O)CC)O2. The van der Waals surface area contributed by atoms with Crippen molar-refractivity contribution in [2.75, 3.05) is 23.0 Å². The van der Waals surface area contributed by atoms with Crippen LogP contribution in [-0.2, 0) is 26.8 Å². The fourth-order valence-electron chi connectivity index (χ4n) is 4.70. The van der Waals surface area contributed by atoms with Gasteiger partial charge in [0.2, 0.25) is 11.4 Å². The van der Waals surface area contributed by atoms with Crippen molar-refractivity contribution >= 4 is 53.6 Å². The number of hydrogen-bond acceptors (Lipinski definition) is 7. The molecule has 0 radical (unpaired) electrons. The number of unbranched alkanes of at least 4 members (excludes halogenated alkanes) is 1. The zero-order chi connectivity index (χ0) is 32.8. The molecule has 1 aliphatic rings. The van der Waals surface area contributed by atoms with Gasteiger partial charge in [0.1, 0.15) is 4.70 Å². The molecule has 234 valence electrons. The van der Waals surface area contributed by atoms with E-state index in [1.54, 1.807) is 34.4 Å². The smallest absolute Gasteiger partial charge is 0.266 e. The molecule has 12 heteroatoms. The summed E-state index contributed by atoms with van der Waals surface area (Å²) in [5.74, 6) is 12.9. The molecule has 0 amide bonds. The Morgan fingerprint density at radius 2 is 1.76 bits per heavy atom. The lowest BCUT2D eigenvalue weighted by Gasteiger charge is -2.18. The quantitative estimate of drug-likeness (QED) is 0.129. The molecule has 0 bridgehead atoms. The minimum absolute atomic E-state index is 0.0579. The third-order valence-electron chi connectivity index (χ3n) is 7.11. The molecule has 0 unspecified atom stereocenters. The van der Waals surface area contributed by atoms with Gasteiger partial charge in [-0.3, -0.25) is 9.11 Å². The molecule has 0 spiro atoms. The van der Waals surface area contributed by atoms with E-state index in [4.69, 9.17) is 15.7 Å². The number of anilines is 1. The number of rotatable bonds is 11. The van der Waals surface area contributed by atoms with Gasteiger partial charge < -0.3 is 9.64 Å². The van der Waals surface area contributed by atoms with Crippen LogP contribution in [-0.4, -0.2) is 44.0 Å². The van der Waals surface area contributed by atoms with Crippen LogP contribution in [0.5, 0.6) is 5.75 Å². The molecule has 3 aromatic rings. The zero-order valence-corrected chi connectivity index (χ0v) is 27.6. The van der Waals surface area contributed by atoms with Crippen LogP contribution in [0.2, 0.25) is 0 Å². The predicted octanol–water partition coefficient (Wildman–Crippen LogP) is 4.88. The molecule has 1 aromatic heterocycles. The summed E-state index contributed by atoms with van der Waals surface area (Å²) in [6, 6.07) is 9.52. The molecule has 0 saturated carbocycles. The van der Waals surface area contributed by atoms with Crippen molar-refractivity contribution in [3.8, 4) is 41.8 Å². The van der Waals surface area contributed by atoms with Crippen LogP contribution >= 0.6 is 11.3 Å². The Hall–Kier alpha value is -4.09. The van der Waals surface area contributed by atoms with Crippen LogP contribution in [0.3, 0.4) is 0 Å². The number of fused-ring (bicyclic) bond motifs is 2. The second-order valence-corrected chi connectivity index (χ2v) is 14.6. The van der Waals surface area contributed by atoms with Crippen molar-refractivity contribution in [3.05, 3.63) is 69.6 Å². The highest BCUT2D eigenvalue weighted by Gasteiger charge is 2.28. The lowest BCUT2D eigenvalue weighted by atomic mass is 10.1. The van der Waals surface area contributed by atoms with Gasteiger partial charge in [0.25, 0.3) is 25.2 Å². The van der Waals surface area contributed by atoms with Crippen molar-refractivity contribution < 1.29 is 35.2 Å². The number of terminal acetylenes is 1. The first-order chi connectivity index (χ1) is 21.3. The maximum Gasteiger partial charge on any atom is 0.266 e. The van der Waals surface area contributed by atoms with Gasteiger partial charge in [0.15, 0.2) is 12.3 Å². The van der Waals surface area contributed by atoms with Crippen LogP contribution < -0.4 is 14.2 Å². The molecule has 0 aliphatic carbocycles. The van der Waals surface area contributed by atoms with Gasteiger partial charge >= 0.3 is 0 Å². The van der Waals surface area contributed by atoms with Crippen LogP contribution in [0.4, 0.5) is 5.69 Å². The van der Waals surface area contributed by atoms with Crippen molar-refractivity contribution in [2.24, 2.45) is 0 Å². The van der Waals surface area contributed by atoms with E-state index in [1.165, 1.54) is 0 Å². The van der Waals surface area contributed by atoms with Gasteiger partial charge in [-0.2, -0.15) is 21.4 Å². The molecule has 9 nitrogen and oxygen atoms in total. The monoisotopic (exact) mass is 665 g/mol. The Bertz CT molecular complexity index is 2080. The van der Waals surface area contributed by atoms with E-state index < -0.39 is 26.0 Å². The third kappa shape index (κ3) is 9.21. The highest BCUT2D eigenvalue weighted by molar-refractivity contribution is 7.86. The van der Waals surface area contributed by atoms with Crippen molar-refractivity contribution in [3.63, 3.8) is 0 Å². The number of hydrogen-bond donors (Lipinski definition) is 2. The van der Waals surface area contributed by atoms with E-state index in [2.05, 4.69) is 53.2 Å². The van der Waals surface area contributed by atoms with E-state index in [-0.39, 0.29) is 12.3 Å². The molecule has 2 aromatic carbocycles. The Kier molecular flexibility index (Phi) is 10.8. The number of benzene rings is 2. The Balaban J connectivity index is 1.74. The molecule has 2 N–H and O–H groups in total. The van der Waals surface area contributed by atoms with Gasteiger partial charge in [-0.1, -0.05) is 24.2 Å². The minimum atomic E-state index is -4.26. The van der Waals surface area contributed by atoms with E-state index in [0.29, 0.717) is 48.7 Å². The van der Waals surface area contributed by atoms with Crippen LogP contribution in [0, 0.1) is 49.9 Å². The number of aromatic nitrogens is 1. The van der Waals surface area contributed by atoms with Crippen LogP contribution in [0.25, 0.3) is 16.3 Å². The van der Waals surface area contributed by atoms with Crippen LogP contribution in [0.15, 0.2) is 47.9 Å². The second kappa shape index (κ2) is 14.3. The van der Waals surface area contributed by atoms with E-state index in [9.17, 15) is 21.4 Å². The lowest BCUT2D eigenvalue weighted by Crippen LogP contribution is -2.35. The first-order valence-corrected chi connectivity index (χ1v) is 18.1. The van der Waals surface area contributed by atoms with Gasteiger partial charge in [0, 0.05) is 36.7 Å². The van der Waals surface area contributed by atoms with Gasteiger partial charge in [-0.05, 0) is 91.3 Å². The van der Waals surface area contributed by atoms with Crippen molar-refractivity contribution in [1.29, 1.82) is 0 Å². The number of allylic oxidation sites excluding steroid dienone is 2. The molecular formula is C33H33N2O7S3+. The summed E-state index contributed by atoms with van der Waals surface area (Å²) in [5.41, 5.74) is 5.45. The summed E-state index contributed by atoms with van der Waals surface area (Å²) in [6.45, 7) is 6.59. The molecule has 1 aliphatic heterocycles. The summed E-state index contributed by atoms with van der Waals surface area (Å²) in [4.78, 5) is 1.69. The Labute approximate surface area is 268 Å². The largest absolute Gasteiger partial charge is 0.439 e. The average molecular weight is 666 g/mol. The highest BCUT2D eigenvalue weighted by Crippen LogP contribution is 2.40. The topological polar surface area (TPSA) is 125 Å². The Morgan fingerprint density at radius 3 is 2.44 bits per heavy atom. The van der Waals surface area contributed by atoms with Gasteiger partial charge in [-0.25, -0.2) is 0 Å². The van der Waals surface area contributed by atoms with Gasteiger partial charge in [-0.15, -0.1) is 6.42 Å². The number of nitrogens with zero attached hydrogens (tertiary/aromatic N) is 2. The summed E-state index contributed by atoms with van der Waals surface area (Å²) < 4.78 is 74.0. The zero-order valence-electron chi connectivity index (χ0n) is 25.1. The third-order valence-corrected chi connectivity index (χ3v) is 9.71. The number of aryl methyl sites for hydroxylation is 3. The first-order valence-electron chi connectivity index (χ1n) is 14.1. The molecule has 0 saturated heterocycles. The molecule has 45 heavy (non-hydrogen) atoms. The standard InChI is InChI=1S/C33H32N2O7S3/c1-5-7-8-9-12-27-13-14-30-28(21-27)34(16-18-45(39,40)41)32(42-30)22-26(6-2)23-33-35(15-10-11-17-44(36,37)38)29-19-24(3)25(4)20-31(29)43-33/h1,13-14,19-23H,6,10-11,15-18H2,2-4H3,(H-,36,37,38,39,40,41)/p+1. The predicted molar refractivity (Wildman–Crippen MR) is 178 cm³/mol. The molecule has 0 atom stereocenters. The van der Waals surface area contributed by atoms with Crippen molar-refractivity contribution in [1.82, 2.24) is 0 Å². The Morgan fingerprint density at radius 1 is 1.02 bits per heavy atom. The summed E-state index contributed by atoms with van der Waals surface area (Å²) in [6.07, 6.45) is 10.5. The molecular weight excluding hydrogens is 633 g/mol. The molecule has 0 fully saturated rings. The average Bonchev–Trinajstić information content (AvgIpc) is 3.47. The molecule has 2 heterocycles. The first kappa shape index (κ1) is 33.8. The number of ether oxygens (including phenoxy) is 1. The second-order valence-electron chi connectivity index (χ2n) is 10.4. The minimum Gasteiger partial charge on any atom is -0.439 e. The molecule has 4 rings (SSSR count). The number of thiazole rings is 1. The van der Waals surface area contributed by atoms with Crippen molar-refractivity contribution in [2.45, 2.75) is 46.6 Å². The fraction of sp³-hybridized carbons (Fsp3) is 0.303. The fourth-order valence-corrected chi connectivity index (χ4v) is 6.93. The summed E-state index contributed by atoms with van der Waals surface area (Å²) in [5, 5.41) is 0.946.